The Morgan fingerprint density at radius 1 is 1.33 bits per heavy atom. The van der Waals surface area contributed by atoms with Crippen LogP contribution in [0.25, 0.3) is 0 Å². The third-order valence-electron chi connectivity index (χ3n) is 2.71. The van der Waals surface area contributed by atoms with Crippen LogP contribution in [0.3, 0.4) is 0 Å². The number of nitrogens with two attached hydrogens (primary N) is 1. The van der Waals surface area contributed by atoms with Crippen LogP contribution < -0.4 is 20.5 Å². The third kappa shape index (κ3) is 3.66. The predicted molar refractivity (Wildman–Crippen MR) is 72.8 cm³/mol. The van der Waals surface area contributed by atoms with E-state index in [2.05, 4.69) is 11.2 Å². The number of terminal acetylenes is 1. The standard InChI is InChI=1S/C14H20N2O2/c1-4-5-8-16-12(10-15)11-6-7-13(17-2)14(9-11)18-3/h1,6-7,9,12,16H,5,8,10,15H2,2-3H3. The molecule has 1 unspecified atom stereocenters. The van der Waals surface area contributed by atoms with E-state index in [1.54, 1.807) is 14.2 Å². The molecule has 0 aliphatic carbocycles. The zero-order valence-corrected chi connectivity index (χ0v) is 10.9. The SMILES string of the molecule is C#CCCNC(CN)c1ccc(OC)c(OC)c1. The fourth-order valence-corrected chi connectivity index (χ4v) is 1.73. The molecule has 4 nitrogen and oxygen atoms in total. The molecule has 0 amide bonds. The second-order valence-electron chi connectivity index (χ2n) is 3.81. The number of hydrogen-bond acceptors (Lipinski definition) is 4. The molecule has 0 heterocycles. The lowest BCUT2D eigenvalue weighted by Crippen LogP contribution is -2.28. The van der Waals surface area contributed by atoms with Crippen LogP contribution in [0.5, 0.6) is 11.5 Å². The highest BCUT2D eigenvalue weighted by Gasteiger charge is 2.12. The highest BCUT2D eigenvalue weighted by molar-refractivity contribution is 5.43. The van der Waals surface area contributed by atoms with Gasteiger partial charge in [-0.1, -0.05) is 6.07 Å². The van der Waals surface area contributed by atoms with Gasteiger partial charge in [-0.05, 0) is 17.7 Å². The lowest BCUT2D eigenvalue weighted by molar-refractivity contribution is 0.354. The second-order valence-corrected chi connectivity index (χ2v) is 3.81. The first-order chi connectivity index (χ1) is 8.76. The number of methoxy groups -OCH3 is 2. The van der Waals surface area contributed by atoms with Crippen molar-refractivity contribution in [3.05, 3.63) is 23.8 Å². The Bertz CT molecular complexity index is 413. The smallest absolute Gasteiger partial charge is 0.161 e. The Kier molecular flexibility index (Phi) is 6.06. The third-order valence-corrected chi connectivity index (χ3v) is 2.71. The van der Waals surface area contributed by atoms with Gasteiger partial charge in [-0.2, -0.15) is 0 Å². The number of rotatable bonds is 7. The van der Waals surface area contributed by atoms with Gasteiger partial charge in [0, 0.05) is 25.6 Å². The van der Waals surface area contributed by atoms with Crippen molar-refractivity contribution in [2.75, 3.05) is 27.3 Å². The first-order valence-corrected chi connectivity index (χ1v) is 5.85. The molecule has 0 spiro atoms. The van der Waals surface area contributed by atoms with E-state index in [0.29, 0.717) is 24.5 Å². The molecule has 0 radical (unpaired) electrons. The largest absolute Gasteiger partial charge is 0.493 e. The van der Waals surface area contributed by atoms with E-state index in [1.165, 1.54) is 0 Å². The summed E-state index contributed by atoms with van der Waals surface area (Å²) in [6.45, 7) is 1.24. The molecule has 0 fully saturated rings. The van der Waals surface area contributed by atoms with Crippen LogP contribution in [0.1, 0.15) is 18.0 Å². The van der Waals surface area contributed by atoms with Crippen molar-refractivity contribution in [2.24, 2.45) is 5.73 Å². The molecule has 0 aliphatic rings. The molecule has 0 saturated heterocycles. The molecule has 98 valence electrons. The monoisotopic (exact) mass is 248 g/mol. The van der Waals surface area contributed by atoms with Gasteiger partial charge >= 0.3 is 0 Å². The summed E-state index contributed by atoms with van der Waals surface area (Å²) in [6, 6.07) is 5.85. The Balaban J connectivity index is 2.83. The normalized spacial score (nSPS) is 11.7. The summed E-state index contributed by atoms with van der Waals surface area (Å²) < 4.78 is 10.5. The molecule has 0 aromatic heterocycles. The minimum absolute atomic E-state index is 0.0677. The minimum Gasteiger partial charge on any atom is -0.493 e. The van der Waals surface area contributed by atoms with Crippen molar-refractivity contribution in [3.63, 3.8) is 0 Å². The second kappa shape index (κ2) is 7.59. The van der Waals surface area contributed by atoms with Crippen LogP contribution in [-0.4, -0.2) is 27.3 Å². The summed E-state index contributed by atoms with van der Waals surface area (Å²) in [5.74, 6) is 4.00. The highest BCUT2D eigenvalue weighted by Crippen LogP contribution is 2.29. The Morgan fingerprint density at radius 2 is 2.06 bits per heavy atom. The summed E-state index contributed by atoms with van der Waals surface area (Å²) in [7, 11) is 3.23. The average molecular weight is 248 g/mol. The van der Waals surface area contributed by atoms with E-state index in [-0.39, 0.29) is 6.04 Å². The van der Waals surface area contributed by atoms with Crippen LogP contribution in [-0.2, 0) is 0 Å². The maximum absolute atomic E-state index is 5.76. The molecule has 0 saturated carbocycles. The summed E-state index contributed by atoms with van der Waals surface area (Å²) in [6.07, 6.45) is 5.90. The van der Waals surface area contributed by atoms with Gasteiger partial charge < -0.3 is 20.5 Å². The maximum atomic E-state index is 5.76. The van der Waals surface area contributed by atoms with Crippen molar-refractivity contribution in [1.82, 2.24) is 5.32 Å². The number of hydrogen-bond donors (Lipinski definition) is 2. The van der Waals surface area contributed by atoms with Crippen molar-refractivity contribution < 1.29 is 9.47 Å². The molecule has 1 rings (SSSR count). The molecule has 3 N–H and O–H groups in total. The summed E-state index contributed by atoms with van der Waals surface area (Å²) in [5.41, 5.74) is 6.83. The van der Waals surface area contributed by atoms with Crippen molar-refractivity contribution in [1.29, 1.82) is 0 Å². The fraction of sp³-hybridized carbons (Fsp3) is 0.429. The van der Waals surface area contributed by atoms with E-state index >= 15 is 0 Å². The Morgan fingerprint density at radius 3 is 2.61 bits per heavy atom. The molecule has 18 heavy (non-hydrogen) atoms. The zero-order chi connectivity index (χ0) is 13.4. The van der Waals surface area contributed by atoms with Crippen LogP contribution in [0, 0.1) is 12.3 Å². The molecule has 1 aromatic rings. The van der Waals surface area contributed by atoms with E-state index in [0.717, 1.165) is 12.1 Å². The van der Waals surface area contributed by atoms with Crippen LogP contribution in [0.2, 0.25) is 0 Å². The summed E-state index contributed by atoms with van der Waals surface area (Å²) >= 11 is 0. The number of nitrogens with one attached hydrogen (secondary N) is 1. The molecule has 1 atom stereocenters. The molecular weight excluding hydrogens is 228 g/mol. The predicted octanol–water partition coefficient (Wildman–Crippen LogP) is 1.32. The van der Waals surface area contributed by atoms with Gasteiger partial charge in [0.25, 0.3) is 0 Å². The van der Waals surface area contributed by atoms with Gasteiger partial charge in [0.15, 0.2) is 11.5 Å². The van der Waals surface area contributed by atoms with Crippen LogP contribution in [0.15, 0.2) is 18.2 Å². The van der Waals surface area contributed by atoms with Crippen molar-refractivity contribution in [2.45, 2.75) is 12.5 Å². The van der Waals surface area contributed by atoms with E-state index in [4.69, 9.17) is 21.6 Å². The van der Waals surface area contributed by atoms with Crippen LogP contribution >= 0.6 is 0 Å². The number of ether oxygens (including phenoxy) is 2. The average Bonchev–Trinajstić information content (AvgIpc) is 2.43. The van der Waals surface area contributed by atoms with Crippen molar-refractivity contribution >= 4 is 0 Å². The Labute approximate surface area is 108 Å². The molecule has 4 heteroatoms. The van der Waals surface area contributed by atoms with E-state index in [9.17, 15) is 0 Å². The van der Waals surface area contributed by atoms with Crippen LogP contribution in [0.4, 0.5) is 0 Å². The van der Waals surface area contributed by atoms with Gasteiger partial charge in [0.05, 0.1) is 14.2 Å². The van der Waals surface area contributed by atoms with E-state index < -0.39 is 0 Å². The van der Waals surface area contributed by atoms with Gasteiger partial charge in [-0.3, -0.25) is 0 Å². The van der Waals surface area contributed by atoms with Gasteiger partial charge in [-0.15, -0.1) is 12.3 Å². The molecule has 0 aliphatic heterocycles. The van der Waals surface area contributed by atoms with Gasteiger partial charge in [-0.25, -0.2) is 0 Å². The summed E-state index contributed by atoms with van der Waals surface area (Å²) in [5, 5.41) is 3.31. The van der Waals surface area contributed by atoms with Gasteiger partial charge in [0.1, 0.15) is 0 Å². The lowest BCUT2D eigenvalue weighted by Gasteiger charge is -2.18. The quantitative estimate of drug-likeness (QED) is 0.564. The lowest BCUT2D eigenvalue weighted by atomic mass is 10.1. The first kappa shape index (κ1) is 14.4. The van der Waals surface area contributed by atoms with Crippen molar-refractivity contribution in [3.8, 4) is 23.8 Å². The first-order valence-electron chi connectivity index (χ1n) is 5.85. The number of benzene rings is 1. The maximum Gasteiger partial charge on any atom is 0.161 e. The molecule has 1 aromatic carbocycles. The Hall–Kier alpha value is -1.70. The topological polar surface area (TPSA) is 56.5 Å². The van der Waals surface area contributed by atoms with Gasteiger partial charge in [0.2, 0.25) is 0 Å². The fourth-order valence-electron chi connectivity index (χ4n) is 1.73. The molecule has 0 bridgehead atoms. The molecular formula is C14H20N2O2. The van der Waals surface area contributed by atoms with E-state index in [1.807, 2.05) is 18.2 Å². The minimum atomic E-state index is 0.0677. The highest BCUT2D eigenvalue weighted by atomic mass is 16.5. The summed E-state index contributed by atoms with van der Waals surface area (Å²) in [4.78, 5) is 0. The zero-order valence-electron chi connectivity index (χ0n) is 10.9.